The summed E-state index contributed by atoms with van der Waals surface area (Å²) < 4.78 is 32.5. The Kier molecular flexibility index (Phi) is 9.90. The normalized spacial score (nSPS) is 21.0. The Morgan fingerprint density at radius 1 is 1.06 bits per heavy atom. The summed E-state index contributed by atoms with van der Waals surface area (Å²) in [5.74, 6) is -0.216. The van der Waals surface area contributed by atoms with Gasteiger partial charge in [0.05, 0.1) is 24.6 Å². The Morgan fingerprint density at radius 3 is 2.33 bits per heavy atom. The van der Waals surface area contributed by atoms with Gasteiger partial charge in [-0.1, -0.05) is 33.1 Å². The summed E-state index contributed by atoms with van der Waals surface area (Å²) in [6.45, 7) is 3.82. The number of nitrogens with zero attached hydrogens (tertiary/aromatic N) is 1. The number of ether oxygens (including phenoxy) is 1. The molecule has 1 unspecified atom stereocenters. The average Bonchev–Trinajstić information content (AvgIpc) is 3.05. The Hall–Kier alpha value is -2.46. The third-order valence-electron chi connectivity index (χ3n) is 6.95. The Morgan fingerprint density at radius 2 is 1.72 bits per heavy atom. The van der Waals surface area contributed by atoms with E-state index in [0.29, 0.717) is 25.0 Å². The van der Waals surface area contributed by atoms with Gasteiger partial charge in [-0.3, -0.25) is 14.4 Å². The Balaban J connectivity index is 1.65. The molecule has 2 aliphatic rings. The van der Waals surface area contributed by atoms with Gasteiger partial charge in [-0.2, -0.15) is 4.31 Å². The lowest BCUT2D eigenvalue weighted by molar-refractivity contribution is -0.133. The molecule has 1 aromatic rings. The van der Waals surface area contributed by atoms with Gasteiger partial charge in [0.2, 0.25) is 21.8 Å². The van der Waals surface area contributed by atoms with Crippen molar-refractivity contribution in [2.75, 3.05) is 20.2 Å². The first-order valence-electron chi connectivity index (χ1n) is 12.9. The minimum atomic E-state index is -3.87. The standard InChI is InChI=1S/C26H39N3O6S/c1-18(2)16-23(28-25(31)19-8-5-4-6-9-19)26(32)27-22-10-7-15-29(17-24(22)30)36(33,34)21-13-11-20(35-3)12-14-21/h11-14,18-19,22-23H,4-10,15-17H2,1-3H3,(H,27,32)(H,28,31)/t22?,23-/m0/s1. The number of amides is 2. The van der Waals surface area contributed by atoms with Gasteiger partial charge in [-0.05, 0) is 62.3 Å². The summed E-state index contributed by atoms with van der Waals surface area (Å²) in [7, 11) is -2.37. The number of hydrogen-bond donors (Lipinski definition) is 2. The fraction of sp³-hybridized carbons (Fsp3) is 0.654. The number of nitrogens with one attached hydrogen (secondary N) is 2. The third kappa shape index (κ3) is 7.29. The first-order valence-corrected chi connectivity index (χ1v) is 14.3. The minimum absolute atomic E-state index is 0.0718. The summed E-state index contributed by atoms with van der Waals surface area (Å²) in [6, 6.07) is 4.50. The number of ketones is 1. The van der Waals surface area contributed by atoms with E-state index in [-0.39, 0.29) is 41.5 Å². The van der Waals surface area contributed by atoms with Gasteiger partial charge in [-0.15, -0.1) is 0 Å². The second-order valence-corrected chi connectivity index (χ2v) is 12.1. The minimum Gasteiger partial charge on any atom is -0.497 e. The zero-order chi connectivity index (χ0) is 26.3. The van der Waals surface area contributed by atoms with Gasteiger partial charge >= 0.3 is 0 Å². The number of benzene rings is 1. The van der Waals surface area contributed by atoms with Gasteiger partial charge in [0.15, 0.2) is 5.78 Å². The number of sulfonamides is 1. The number of carbonyl (C=O) groups excluding carboxylic acids is 3. The molecule has 3 rings (SSSR count). The molecule has 1 aromatic carbocycles. The molecule has 36 heavy (non-hydrogen) atoms. The first kappa shape index (κ1) is 28.1. The molecular weight excluding hydrogens is 482 g/mol. The fourth-order valence-electron chi connectivity index (χ4n) is 4.88. The molecule has 2 atom stereocenters. The molecular formula is C26H39N3O6S. The maximum absolute atomic E-state index is 13.2. The van der Waals surface area contributed by atoms with Crippen molar-refractivity contribution >= 4 is 27.6 Å². The molecule has 200 valence electrons. The van der Waals surface area contributed by atoms with Gasteiger partial charge < -0.3 is 15.4 Å². The van der Waals surface area contributed by atoms with E-state index in [2.05, 4.69) is 10.6 Å². The van der Waals surface area contributed by atoms with Crippen molar-refractivity contribution in [1.29, 1.82) is 0 Å². The molecule has 0 aromatic heterocycles. The van der Waals surface area contributed by atoms with Gasteiger partial charge in [0.25, 0.3) is 0 Å². The van der Waals surface area contributed by atoms with Gasteiger partial charge in [0.1, 0.15) is 11.8 Å². The topological polar surface area (TPSA) is 122 Å². The zero-order valence-electron chi connectivity index (χ0n) is 21.5. The zero-order valence-corrected chi connectivity index (χ0v) is 22.3. The lowest BCUT2D eigenvalue weighted by Gasteiger charge is -2.27. The first-order chi connectivity index (χ1) is 17.1. The number of rotatable bonds is 9. The van der Waals surface area contributed by atoms with Crippen molar-refractivity contribution in [1.82, 2.24) is 14.9 Å². The predicted octanol–water partition coefficient (Wildman–Crippen LogP) is 2.64. The second-order valence-electron chi connectivity index (χ2n) is 10.2. The maximum Gasteiger partial charge on any atom is 0.243 e. The van der Waals surface area contributed by atoms with Crippen LogP contribution in [-0.4, -0.2) is 62.6 Å². The van der Waals surface area contributed by atoms with Crippen LogP contribution in [0.2, 0.25) is 0 Å². The largest absolute Gasteiger partial charge is 0.497 e. The average molecular weight is 522 g/mol. The van der Waals surface area contributed by atoms with E-state index >= 15 is 0 Å². The van der Waals surface area contributed by atoms with E-state index in [1.807, 2.05) is 13.8 Å². The van der Waals surface area contributed by atoms with Crippen LogP contribution in [0.4, 0.5) is 0 Å². The van der Waals surface area contributed by atoms with Crippen molar-refractivity contribution in [2.24, 2.45) is 11.8 Å². The van der Waals surface area contributed by atoms with Crippen molar-refractivity contribution in [3.63, 3.8) is 0 Å². The summed E-state index contributed by atoms with van der Waals surface area (Å²) in [5, 5.41) is 5.73. The number of carbonyl (C=O) groups is 3. The van der Waals surface area contributed by atoms with Crippen LogP contribution < -0.4 is 15.4 Å². The SMILES string of the molecule is COc1ccc(S(=O)(=O)N2CCCC(NC(=O)[C@H](CC(C)C)NC(=O)C3CCCCC3)C(=O)C2)cc1. The molecule has 9 nitrogen and oxygen atoms in total. The molecule has 1 heterocycles. The number of hydrogen-bond acceptors (Lipinski definition) is 6. The lowest BCUT2D eigenvalue weighted by atomic mass is 9.88. The summed E-state index contributed by atoms with van der Waals surface area (Å²) in [4.78, 5) is 39.1. The molecule has 1 aliphatic carbocycles. The molecule has 0 bridgehead atoms. The number of Topliss-reactive ketones (excluding diaryl/α,β-unsaturated/α-hetero) is 1. The van der Waals surface area contributed by atoms with Crippen LogP contribution in [0.1, 0.15) is 65.2 Å². The van der Waals surface area contributed by atoms with Crippen molar-refractivity contribution in [3.05, 3.63) is 24.3 Å². The van der Waals surface area contributed by atoms with E-state index in [0.717, 1.165) is 32.1 Å². The quantitative estimate of drug-likeness (QED) is 0.515. The second kappa shape index (κ2) is 12.7. The molecule has 10 heteroatoms. The molecule has 2 N–H and O–H groups in total. The fourth-order valence-corrected chi connectivity index (χ4v) is 6.32. The van der Waals surface area contributed by atoms with Crippen molar-refractivity contribution in [2.45, 2.75) is 82.2 Å². The van der Waals surface area contributed by atoms with Crippen LogP contribution in [0.15, 0.2) is 29.2 Å². The molecule has 2 amide bonds. The van der Waals surface area contributed by atoms with Crippen LogP contribution in [0.3, 0.4) is 0 Å². The molecule has 1 saturated heterocycles. The van der Waals surface area contributed by atoms with Gasteiger partial charge in [-0.25, -0.2) is 8.42 Å². The third-order valence-corrected chi connectivity index (χ3v) is 8.81. The van der Waals surface area contributed by atoms with E-state index in [1.54, 1.807) is 12.1 Å². The van der Waals surface area contributed by atoms with E-state index in [4.69, 9.17) is 4.74 Å². The van der Waals surface area contributed by atoms with E-state index in [9.17, 15) is 22.8 Å². The summed E-state index contributed by atoms with van der Waals surface area (Å²) in [5.41, 5.74) is 0. The highest BCUT2D eigenvalue weighted by Crippen LogP contribution is 2.25. The van der Waals surface area contributed by atoms with Gasteiger partial charge in [0, 0.05) is 12.5 Å². The van der Waals surface area contributed by atoms with Crippen LogP contribution in [0.25, 0.3) is 0 Å². The maximum atomic E-state index is 13.2. The highest BCUT2D eigenvalue weighted by molar-refractivity contribution is 7.89. The predicted molar refractivity (Wildman–Crippen MR) is 136 cm³/mol. The molecule has 2 fully saturated rings. The van der Waals surface area contributed by atoms with Crippen LogP contribution in [0, 0.1) is 11.8 Å². The smallest absolute Gasteiger partial charge is 0.243 e. The monoisotopic (exact) mass is 521 g/mol. The van der Waals surface area contributed by atoms with Crippen LogP contribution in [0.5, 0.6) is 5.75 Å². The Labute approximate surface area is 214 Å². The molecule has 0 radical (unpaired) electrons. The van der Waals surface area contributed by atoms with Crippen molar-refractivity contribution < 1.29 is 27.5 Å². The van der Waals surface area contributed by atoms with Crippen molar-refractivity contribution in [3.8, 4) is 5.75 Å². The Bertz CT molecular complexity index is 1020. The van der Waals surface area contributed by atoms with Crippen LogP contribution in [-0.2, 0) is 24.4 Å². The van der Waals surface area contributed by atoms with Crippen LogP contribution >= 0.6 is 0 Å². The summed E-state index contributed by atoms with van der Waals surface area (Å²) in [6.07, 6.45) is 6.07. The van der Waals surface area contributed by atoms with E-state index in [1.165, 1.54) is 23.5 Å². The molecule has 1 aliphatic heterocycles. The highest BCUT2D eigenvalue weighted by Gasteiger charge is 2.35. The molecule has 1 saturated carbocycles. The highest BCUT2D eigenvalue weighted by atomic mass is 32.2. The molecule has 0 spiro atoms. The number of methoxy groups -OCH3 is 1. The lowest BCUT2D eigenvalue weighted by Crippen LogP contribution is -2.53. The summed E-state index contributed by atoms with van der Waals surface area (Å²) >= 11 is 0. The van der Waals surface area contributed by atoms with E-state index < -0.39 is 28.0 Å².